The first kappa shape index (κ1) is 16.3. The lowest BCUT2D eigenvalue weighted by atomic mass is 10.2. The van der Waals surface area contributed by atoms with E-state index in [-0.39, 0.29) is 16.4 Å². The smallest absolute Gasteiger partial charge is 0.310 e. The minimum absolute atomic E-state index is 0.000582. The van der Waals surface area contributed by atoms with Crippen molar-refractivity contribution < 1.29 is 9.72 Å². The van der Waals surface area contributed by atoms with Crippen molar-refractivity contribution in [1.82, 2.24) is 15.4 Å². The third-order valence-corrected chi connectivity index (χ3v) is 2.98. The van der Waals surface area contributed by atoms with E-state index in [9.17, 15) is 19.7 Å². The summed E-state index contributed by atoms with van der Waals surface area (Å²) in [5.41, 5.74) is 2.02. The fourth-order valence-electron chi connectivity index (χ4n) is 1.67. The second-order valence-electron chi connectivity index (χ2n) is 4.42. The van der Waals surface area contributed by atoms with Crippen molar-refractivity contribution >= 4 is 29.4 Å². The first-order chi connectivity index (χ1) is 10.9. The molecule has 1 amide bonds. The number of H-pyrrole nitrogens is 1. The molecule has 1 heterocycles. The van der Waals surface area contributed by atoms with Gasteiger partial charge in [-0.15, -0.1) is 0 Å². The maximum Gasteiger partial charge on any atom is 0.345 e. The maximum absolute atomic E-state index is 11.8. The van der Waals surface area contributed by atoms with E-state index in [4.69, 9.17) is 11.6 Å². The standard InChI is InChI=1S/C13H10ClN5O4/c1-7-4-10(17-13(21)16-7)12(20)18-15-6-8-2-3-9(14)11(5-8)19(22)23/h2-6H,1H3,(H,18,20)(H,16,17,21)/b15-6+. The Balaban J connectivity index is 2.12. The van der Waals surface area contributed by atoms with Crippen LogP contribution >= 0.6 is 11.6 Å². The molecule has 9 nitrogen and oxygen atoms in total. The van der Waals surface area contributed by atoms with Gasteiger partial charge in [0.05, 0.1) is 11.1 Å². The molecule has 1 aromatic carbocycles. The maximum atomic E-state index is 11.8. The lowest BCUT2D eigenvalue weighted by Gasteiger charge is -2.00. The zero-order chi connectivity index (χ0) is 17.0. The topological polar surface area (TPSA) is 130 Å². The summed E-state index contributed by atoms with van der Waals surface area (Å²) in [4.78, 5) is 39.0. The molecule has 0 saturated heterocycles. The van der Waals surface area contributed by atoms with Crippen LogP contribution in [0.4, 0.5) is 5.69 Å². The number of hydrazone groups is 1. The summed E-state index contributed by atoms with van der Waals surface area (Å²) in [7, 11) is 0. The van der Waals surface area contributed by atoms with Gasteiger partial charge in [-0.3, -0.25) is 14.9 Å². The molecule has 118 valence electrons. The number of nitro groups is 1. The van der Waals surface area contributed by atoms with Gasteiger partial charge in [-0.2, -0.15) is 10.1 Å². The Hall–Kier alpha value is -3.07. The molecule has 2 aromatic rings. The lowest BCUT2D eigenvalue weighted by molar-refractivity contribution is -0.384. The number of hydrogen-bond donors (Lipinski definition) is 2. The zero-order valence-electron chi connectivity index (χ0n) is 11.7. The second kappa shape index (κ2) is 6.79. The highest BCUT2D eigenvalue weighted by atomic mass is 35.5. The van der Waals surface area contributed by atoms with Crippen molar-refractivity contribution in [1.29, 1.82) is 0 Å². The highest BCUT2D eigenvalue weighted by Crippen LogP contribution is 2.24. The summed E-state index contributed by atoms with van der Waals surface area (Å²) in [6.07, 6.45) is 1.21. The van der Waals surface area contributed by atoms with Crippen molar-refractivity contribution in [3.63, 3.8) is 0 Å². The third kappa shape index (κ3) is 4.20. The summed E-state index contributed by atoms with van der Waals surface area (Å²) < 4.78 is 0. The van der Waals surface area contributed by atoms with E-state index in [1.54, 1.807) is 6.92 Å². The van der Waals surface area contributed by atoms with Crippen LogP contribution in [0.1, 0.15) is 21.7 Å². The van der Waals surface area contributed by atoms with Gasteiger partial charge in [0, 0.05) is 17.3 Å². The van der Waals surface area contributed by atoms with E-state index < -0.39 is 16.5 Å². The Morgan fingerprint density at radius 3 is 2.87 bits per heavy atom. The largest absolute Gasteiger partial charge is 0.345 e. The number of nitrogens with zero attached hydrogens (tertiary/aromatic N) is 3. The van der Waals surface area contributed by atoms with Gasteiger partial charge < -0.3 is 4.98 Å². The normalized spacial score (nSPS) is 10.7. The van der Waals surface area contributed by atoms with Crippen LogP contribution in [0.3, 0.4) is 0 Å². The molecule has 0 aliphatic heterocycles. The summed E-state index contributed by atoms with van der Waals surface area (Å²) in [6, 6.07) is 5.46. The number of aromatic nitrogens is 2. The molecule has 23 heavy (non-hydrogen) atoms. The van der Waals surface area contributed by atoms with Gasteiger partial charge >= 0.3 is 5.69 Å². The lowest BCUT2D eigenvalue weighted by Crippen LogP contribution is -2.24. The minimum Gasteiger partial charge on any atom is -0.310 e. The van der Waals surface area contributed by atoms with E-state index in [1.807, 2.05) is 0 Å². The molecule has 2 N–H and O–H groups in total. The quantitative estimate of drug-likeness (QED) is 0.495. The summed E-state index contributed by atoms with van der Waals surface area (Å²) in [6.45, 7) is 1.61. The molecular formula is C13H10ClN5O4. The van der Waals surface area contributed by atoms with E-state index in [2.05, 4.69) is 20.5 Å². The molecule has 1 aromatic heterocycles. The molecule has 0 radical (unpaired) electrons. The number of aromatic amines is 1. The van der Waals surface area contributed by atoms with Crippen molar-refractivity contribution in [3.05, 3.63) is 66.8 Å². The van der Waals surface area contributed by atoms with Crippen LogP contribution in [0.2, 0.25) is 5.02 Å². The number of benzene rings is 1. The molecule has 0 aliphatic rings. The molecular weight excluding hydrogens is 326 g/mol. The fraction of sp³-hybridized carbons (Fsp3) is 0.0769. The Morgan fingerprint density at radius 2 is 2.22 bits per heavy atom. The van der Waals surface area contributed by atoms with Gasteiger partial charge in [0.15, 0.2) is 0 Å². The first-order valence-corrected chi connectivity index (χ1v) is 6.60. The van der Waals surface area contributed by atoms with Crippen LogP contribution in [0, 0.1) is 17.0 Å². The summed E-state index contributed by atoms with van der Waals surface area (Å²) >= 11 is 5.69. The molecule has 0 bridgehead atoms. The molecule has 0 atom stereocenters. The Kier molecular flexibility index (Phi) is 4.82. The summed E-state index contributed by atoms with van der Waals surface area (Å²) in [5.74, 6) is -0.682. The highest BCUT2D eigenvalue weighted by molar-refractivity contribution is 6.32. The third-order valence-electron chi connectivity index (χ3n) is 2.66. The average Bonchev–Trinajstić information content (AvgIpc) is 2.47. The summed E-state index contributed by atoms with van der Waals surface area (Å²) in [5, 5.41) is 14.4. The first-order valence-electron chi connectivity index (χ1n) is 6.22. The molecule has 0 fully saturated rings. The molecule has 0 aliphatic carbocycles. The molecule has 10 heteroatoms. The van der Waals surface area contributed by atoms with Crippen molar-refractivity contribution in [2.24, 2.45) is 5.10 Å². The van der Waals surface area contributed by atoms with Gasteiger partial charge in [-0.1, -0.05) is 17.7 Å². The van der Waals surface area contributed by atoms with E-state index in [1.165, 1.54) is 30.5 Å². The second-order valence-corrected chi connectivity index (χ2v) is 4.83. The number of rotatable bonds is 4. The van der Waals surface area contributed by atoms with Gasteiger partial charge in [0.2, 0.25) is 0 Å². The molecule has 0 unspecified atom stereocenters. The fourth-order valence-corrected chi connectivity index (χ4v) is 1.85. The zero-order valence-corrected chi connectivity index (χ0v) is 12.5. The van der Waals surface area contributed by atoms with Crippen LogP contribution in [0.5, 0.6) is 0 Å². The van der Waals surface area contributed by atoms with E-state index >= 15 is 0 Å². The van der Waals surface area contributed by atoms with E-state index in [0.29, 0.717) is 11.3 Å². The van der Waals surface area contributed by atoms with Crippen molar-refractivity contribution in [3.8, 4) is 0 Å². The van der Waals surface area contributed by atoms with E-state index in [0.717, 1.165) is 0 Å². The number of nitro benzene ring substituents is 1. The monoisotopic (exact) mass is 335 g/mol. The van der Waals surface area contributed by atoms with Gasteiger partial charge in [0.1, 0.15) is 10.7 Å². The van der Waals surface area contributed by atoms with Crippen molar-refractivity contribution in [2.75, 3.05) is 0 Å². The number of aryl methyl sites for hydroxylation is 1. The number of nitrogens with one attached hydrogen (secondary N) is 2. The Bertz CT molecular complexity index is 862. The predicted octanol–water partition coefficient (Wildman–Crippen LogP) is 1.40. The Morgan fingerprint density at radius 1 is 1.48 bits per heavy atom. The van der Waals surface area contributed by atoms with Crippen LogP contribution < -0.4 is 11.1 Å². The molecule has 0 saturated carbocycles. The number of carbonyl (C=O) groups is 1. The van der Waals surface area contributed by atoms with Crippen LogP contribution in [-0.2, 0) is 0 Å². The predicted molar refractivity (Wildman–Crippen MR) is 82.8 cm³/mol. The number of carbonyl (C=O) groups excluding carboxylic acids is 1. The van der Waals surface area contributed by atoms with Gasteiger partial charge in [0.25, 0.3) is 11.6 Å². The number of halogens is 1. The highest BCUT2D eigenvalue weighted by Gasteiger charge is 2.12. The molecule has 2 rings (SSSR count). The Labute approximate surface area is 134 Å². The van der Waals surface area contributed by atoms with Crippen LogP contribution in [0.15, 0.2) is 34.2 Å². The van der Waals surface area contributed by atoms with Gasteiger partial charge in [-0.25, -0.2) is 10.2 Å². The SMILES string of the molecule is Cc1cc(C(=O)N/N=C/c2ccc(Cl)c([N+](=O)[O-])c2)nc(=O)[nH]1. The van der Waals surface area contributed by atoms with Crippen molar-refractivity contribution in [2.45, 2.75) is 6.92 Å². The number of hydrogen-bond acceptors (Lipinski definition) is 6. The minimum atomic E-state index is -0.682. The van der Waals surface area contributed by atoms with Gasteiger partial charge in [-0.05, 0) is 19.1 Å². The van der Waals surface area contributed by atoms with Crippen LogP contribution in [-0.4, -0.2) is 27.0 Å². The van der Waals surface area contributed by atoms with Crippen LogP contribution in [0.25, 0.3) is 0 Å². The average molecular weight is 336 g/mol. The molecule has 0 spiro atoms. The number of amides is 1.